The number of aliphatic imine (C=N–C) groups is 1. The summed E-state index contributed by atoms with van der Waals surface area (Å²) in [6, 6.07) is 14.5. The number of hydrogen-bond acceptors (Lipinski definition) is 4. The second-order valence-electron chi connectivity index (χ2n) is 6.66. The highest BCUT2D eigenvalue weighted by atomic mass is 127. The van der Waals surface area contributed by atoms with Crippen molar-refractivity contribution in [2.24, 2.45) is 4.99 Å². The lowest BCUT2D eigenvalue weighted by Gasteiger charge is -2.16. The lowest BCUT2D eigenvalue weighted by Crippen LogP contribution is -2.36. The average molecular weight is 557 g/mol. The number of nitrogens with one attached hydrogen (secondary N) is 2. The number of aromatic nitrogens is 2. The molecule has 172 valence electrons. The molecule has 0 bridgehead atoms. The molecule has 32 heavy (non-hydrogen) atoms. The van der Waals surface area contributed by atoms with E-state index in [4.69, 9.17) is 4.74 Å². The Labute approximate surface area is 202 Å². The van der Waals surface area contributed by atoms with Crippen molar-refractivity contribution in [3.05, 3.63) is 71.5 Å². The summed E-state index contributed by atoms with van der Waals surface area (Å²) in [5.41, 5.74) is 3.44. The van der Waals surface area contributed by atoms with E-state index in [1.807, 2.05) is 48.1 Å². The van der Waals surface area contributed by atoms with Gasteiger partial charge in [-0.1, -0.05) is 18.2 Å². The molecule has 0 aliphatic carbocycles. The Balaban J connectivity index is 0.00000363. The van der Waals surface area contributed by atoms with E-state index >= 15 is 0 Å². The number of guanidine groups is 1. The Morgan fingerprint density at radius 3 is 2.44 bits per heavy atom. The van der Waals surface area contributed by atoms with Gasteiger partial charge in [-0.3, -0.25) is 4.99 Å². The van der Waals surface area contributed by atoms with Gasteiger partial charge < -0.3 is 20.1 Å². The van der Waals surface area contributed by atoms with E-state index in [1.54, 1.807) is 19.2 Å². The van der Waals surface area contributed by atoms with Crippen LogP contribution < -0.4 is 20.1 Å². The van der Waals surface area contributed by atoms with Crippen molar-refractivity contribution in [3.63, 3.8) is 0 Å². The molecule has 7 nitrogen and oxygen atoms in total. The van der Waals surface area contributed by atoms with Gasteiger partial charge in [-0.05, 0) is 42.8 Å². The van der Waals surface area contributed by atoms with Crippen LogP contribution in [0.3, 0.4) is 0 Å². The monoisotopic (exact) mass is 557 g/mol. The van der Waals surface area contributed by atoms with E-state index in [9.17, 15) is 8.78 Å². The molecule has 0 aliphatic heterocycles. The molecular weight excluding hydrogens is 531 g/mol. The van der Waals surface area contributed by atoms with Gasteiger partial charge in [0.15, 0.2) is 5.96 Å². The van der Waals surface area contributed by atoms with E-state index in [1.165, 1.54) is 13.2 Å². The Morgan fingerprint density at radius 1 is 1.09 bits per heavy atom. The minimum Gasteiger partial charge on any atom is -0.497 e. The molecule has 10 heteroatoms. The van der Waals surface area contributed by atoms with Crippen LogP contribution in [0.1, 0.15) is 16.8 Å². The maximum atomic E-state index is 12.7. The Morgan fingerprint density at radius 2 is 1.81 bits per heavy atom. The third kappa shape index (κ3) is 6.81. The van der Waals surface area contributed by atoms with Crippen molar-refractivity contribution in [1.82, 2.24) is 20.4 Å². The largest absolute Gasteiger partial charge is 0.497 e. The summed E-state index contributed by atoms with van der Waals surface area (Å²) < 4.78 is 37.1. The number of alkyl halides is 2. The molecule has 3 rings (SSSR count). The number of rotatable bonds is 8. The van der Waals surface area contributed by atoms with Crippen LogP contribution in [0.5, 0.6) is 11.5 Å². The number of halogens is 3. The summed E-state index contributed by atoms with van der Waals surface area (Å²) in [6.07, 6.45) is 1.91. The van der Waals surface area contributed by atoms with Crippen molar-refractivity contribution in [2.75, 3.05) is 14.2 Å². The first-order chi connectivity index (χ1) is 15.0. The highest BCUT2D eigenvalue weighted by molar-refractivity contribution is 14.0. The second kappa shape index (κ2) is 12.2. The molecule has 0 fully saturated rings. The van der Waals surface area contributed by atoms with E-state index in [-0.39, 0.29) is 36.3 Å². The first-order valence-electron chi connectivity index (χ1n) is 9.67. The van der Waals surface area contributed by atoms with E-state index < -0.39 is 6.61 Å². The van der Waals surface area contributed by atoms with Gasteiger partial charge in [0.2, 0.25) is 0 Å². The number of nitrogens with zero attached hydrogens (tertiary/aromatic N) is 3. The number of benzene rings is 2. The van der Waals surface area contributed by atoms with Crippen LogP contribution in [-0.2, 0) is 13.1 Å². The third-order valence-corrected chi connectivity index (χ3v) is 4.56. The van der Waals surface area contributed by atoms with E-state index in [0.717, 1.165) is 16.9 Å². The van der Waals surface area contributed by atoms with Gasteiger partial charge in [-0.25, -0.2) is 4.68 Å². The van der Waals surface area contributed by atoms with Gasteiger partial charge >= 0.3 is 6.61 Å². The fourth-order valence-corrected chi connectivity index (χ4v) is 3.04. The summed E-state index contributed by atoms with van der Waals surface area (Å²) in [4.78, 5) is 4.21. The predicted octanol–water partition coefficient (Wildman–Crippen LogP) is 4.27. The van der Waals surface area contributed by atoms with Gasteiger partial charge in [0.25, 0.3) is 0 Å². The summed E-state index contributed by atoms with van der Waals surface area (Å²) in [7, 11) is 3.15. The predicted molar refractivity (Wildman–Crippen MR) is 130 cm³/mol. The zero-order valence-corrected chi connectivity index (χ0v) is 20.3. The van der Waals surface area contributed by atoms with Crippen LogP contribution in [-0.4, -0.2) is 36.5 Å². The van der Waals surface area contributed by atoms with Gasteiger partial charge in [0.05, 0.1) is 18.5 Å². The standard InChI is InChI=1S/C22H25F2N5O2.HI/c1-15-10-11-29(28-15)19-7-5-4-6-16(19)13-26-22(25-2)27-14-17-12-18(30-3)8-9-20(17)31-21(23)24;/h4-12,21H,13-14H2,1-3H3,(H2,25,26,27);1H. The normalized spacial score (nSPS) is 11.1. The number of methoxy groups -OCH3 is 1. The number of ether oxygens (including phenoxy) is 2. The molecule has 2 N–H and O–H groups in total. The Bertz CT molecular complexity index is 1040. The van der Waals surface area contributed by atoms with E-state index in [2.05, 4.69) is 25.5 Å². The van der Waals surface area contributed by atoms with Crippen molar-refractivity contribution in [1.29, 1.82) is 0 Å². The Hall–Kier alpha value is -2.89. The maximum Gasteiger partial charge on any atom is 0.387 e. The Kier molecular flexibility index (Phi) is 9.69. The van der Waals surface area contributed by atoms with Crippen LogP contribution in [0.2, 0.25) is 0 Å². The molecule has 0 saturated carbocycles. The van der Waals surface area contributed by atoms with Crippen LogP contribution in [0.25, 0.3) is 5.69 Å². The number of para-hydroxylation sites is 1. The molecule has 0 radical (unpaired) electrons. The SMILES string of the molecule is CN=C(NCc1cc(OC)ccc1OC(F)F)NCc1ccccc1-n1ccc(C)n1.I. The molecule has 0 unspecified atom stereocenters. The molecule has 1 aromatic heterocycles. The topological polar surface area (TPSA) is 72.7 Å². The van der Waals surface area contributed by atoms with E-state index in [0.29, 0.717) is 23.8 Å². The fraction of sp³-hybridized carbons (Fsp3) is 0.273. The maximum absolute atomic E-state index is 12.7. The quantitative estimate of drug-likeness (QED) is 0.246. The van der Waals surface area contributed by atoms with Crippen molar-refractivity contribution < 1.29 is 18.3 Å². The van der Waals surface area contributed by atoms with Gasteiger partial charge in [0, 0.05) is 31.9 Å². The molecule has 0 atom stereocenters. The lowest BCUT2D eigenvalue weighted by molar-refractivity contribution is -0.0505. The smallest absolute Gasteiger partial charge is 0.387 e. The zero-order valence-electron chi connectivity index (χ0n) is 18.0. The first kappa shape index (κ1) is 25.4. The fourth-order valence-electron chi connectivity index (χ4n) is 3.04. The molecule has 0 aliphatic rings. The minimum atomic E-state index is -2.91. The van der Waals surface area contributed by atoms with Gasteiger partial charge in [-0.2, -0.15) is 13.9 Å². The van der Waals surface area contributed by atoms with Crippen molar-refractivity contribution >= 4 is 29.9 Å². The summed E-state index contributed by atoms with van der Waals surface area (Å²) >= 11 is 0. The van der Waals surface area contributed by atoms with Crippen LogP contribution >= 0.6 is 24.0 Å². The van der Waals surface area contributed by atoms with Gasteiger partial charge in [0.1, 0.15) is 11.5 Å². The van der Waals surface area contributed by atoms with Crippen molar-refractivity contribution in [2.45, 2.75) is 26.6 Å². The third-order valence-electron chi connectivity index (χ3n) is 4.56. The van der Waals surface area contributed by atoms with Crippen molar-refractivity contribution in [3.8, 4) is 17.2 Å². The summed E-state index contributed by atoms with van der Waals surface area (Å²) in [6.45, 7) is -0.257. The second-order valence-corrected chi connectivity index (χ2v) is 6.66. The molecule has 2 aromatic carbocycles. The number of aryl methyl sites for hydroxylation is 1. The molecular formula is C22H26F2IN5O2. The van der Waals surface area contributed by atoms with Crippen LogP contribution in [0, 0.1) is 6.92 Å². The molecule has 0 saturated heterocycles. The lowest BCUT2D eigenvalue weighted by atomic mass is 10.1. The highest BCUT2D eigenvalue weighted by Crippen LogP contribution is 2.25. The van der Waals surface area contributed by atoms with Gasteiger partial charge in [-0.15, -0.1) is 24.0 Å². The summed E-state index contributed by atoms with van der Waals surface area (Å²) in [5.74, 6) is 1.14. The average Bonchev–Trinajstić information content (AvgIpc) is 3.20. The first-order valence-corrected chi connectivity index (χ1v) is 9.67. The minimum absolute atomic E-state index is 0. The van der Waals surface area contributed by atoms with Crippen LogP contribution in [0.15, 0.2) is 59.7 Å². The molecule has 0 spiro atoms. The zero-order chi connectivity index (χ0) is 22.2. The highest BCUT2D eigenvalue weighted by Gasteiger charge is 2.12. The molecule has 3 aromatic rings. The number of hydrogen-bond donors (Lipinski definition) is 2. The van der Waals surface area contributed by atoms with Crippen LogP contribution in [0.4, 0.5) is 8.78 Å². The molecule has 0 amide bonds. The summed E-state index contributed by atoms with van der Waals surface area (Å²) in [5, 5.41) is 10.8. The molecule has 1 heterocycles.